The Labute approximate surface area is 96.0 Å². The molecule has 0 unspecified atom stereocenters. The van der Waals surface area contributed by atoms with Gasteiger partial charge in [0.15, 0.2) is 0 Å². The normalized spacial score (nSPS) is 24.4. The maximum atomic E-state index is 11.6. The summed E-state index contributed by atoms with van der Waals surface area (Å²) in [7, 11) is 0. The molecule has 0 saturated carbocycles. The molecule has 2 rings (SSSR count). The van der Waals surface area contributed by atoms with Crippen LogP contribution in [-0.2, 0) is 16.2 Å². The summed E-state index contributed by atoms with van der Waals surface area (Å²) in [4.78, 5) is 16.9. The molecule has 0 radical (unpaired) electrons. The third-order valence-electron chi connectivity index (χ3n) is 3.38. The maximum absolute atomic E-state index is 11.6. The fraction of sp³-hybridized carbons (Fsp3) is 0.462. The minimum atomic E-state index is -0.422. The van der Waals surface area contributed by atoms with E-state index in [1.807, 2.05) is 51.1 Å². The molecular formula is C13H17NO2. The van der Waals surface area contributed by atoms with Gasteiger partial charge in [-0.3, -0.25) is 0 Å². The molecule has 1 aromatic rings. The number of hydrogen-bond acceptors (Lipinski definition) is 3. The lowest BCUT2D eigenvalue weighted by molar-refractivity contribution is -0.177. The fourth-order valence-corrected chi connectivity index (χ4v) is 1.77. The number of hydrogen-bond donors (Lipinski definition) is 0. The summed E-state index contributed by atoms with van der Waals surface area (Å²) in [5.74, 6) is -0.143. The Morgan fingerprint density at radius 2 is 1.94 bits per heavy atom. The first-order chi connectivity index (χ1) is 7.51. The molecule has 1 heterocycles. The van der Waals surface area contributed by atoms with Crippen molar-refractivity contribution in [2.24, 2.45) is 5.41 Å². The Kier molecular flexibility index (Phi) is 2.72. The van der Waals surface area contributed by atoms with Crippen LogP contribution in [0.1, 0.15) is 26.3 Å². The first-order valence-corrected chi connectivity index (χ1v) is 5.55. The lowest BCUT2D eigenvalue weighted by Gasteiger charge is -2.22. The van der Waals surface area contributed by atoms with Gasteiger partial charge in [0.1, 0.15) is 0 Å². The van der Waals surface area contributed by atoms with Crippen molar-refractivity contribution in [2.75, 3.05) is 0 Å². The first-order valence-electron chi connectivity index (χ1n) is 5.55. The number of hydroxylamine groups is 2. The zero-order valence-corrected chi connectivity index (χ0v) is 9.93. The maximum Gasteiger partial charge on any atom is 0.332 e. The van der Waals surface area contributed by atoms with Gasteiger partial charge in [-0.15, -0.1) is 5.06 Å². The molecule has 0 aliphatic carbocycles. The number of nitrogens with zero attached hydrogens (tertiary/aromatic N) is 1. The van der Waals surface area contributed by atoms with E-state index in [-0.39, 0.29) is 12.0 Å². The van der Waals surface area contributed by atoms with Crippen LogP contribution in [0.4, 0.5) is 0 Å². The summed E-state index contributed by atoms with van der Waals surface area (Å²) >= 11 is 0. The molecule has 0 amide bonds. The second-order valence-electron chi connectivity index (χ2n) is 4.84. The third-order valence-corrected chi connectivity index (χ3v) is 3.38. The average Bonchev–Trinajstić information content (AvgIpc) is 2.45. The summed E-state index contributed by atoms with van der Waals surface area (Å²) in [5.41, 5.74) is 0.731. The van der Waals surface area contributed by atoms with Crippen LogP contribution in [0.25, 0.3) is 0 Å². The molecule has 1 aliphatic rings. The molecular weight excluding hydrogens is 202 g/mol. The van der Waals surface area contributed by atoms with E-state index < -0.39 is 5.41 Å². The highest BCUT2D eigenvalue weighted by Crippen LogP contribution is 2.34. The number of rotatable bonds is 2. The van der Waals surface area contributed by atoms with Crippen molar-refractivity contribution in [2.45, 2.75) is 33.4 Å². The Balaban J connectivity index is 2.11. The second kappa shape index (κ2) is 3.91. The molecule has 86 valence electrons. The minimum Gasteiger partial charge on any atom is -0.367 e. The largest absolute Gasteiger partial charge is 0.367 e. The Morgan fingerprint density at radius 1 is 1.31 bits per heavy atom. The molecule has 3 nitrogen and oxygen atoms in total. The van der Waals surface area contributed by atoms with E-state index >= 15 is 0 Å². The lowest BCUT2D eigenvalue weighted by Crippen LogP contribution is -2.34. The van der Waals surface area contributed by atoms with Crippen molar-refractivity contribution in [3.05, 3.63) is 35.9 Å². The summed E-state index contributed by atoms with van der Waals surface area (Å²) in [6.45, 7) is 6.51. The zero-order chi connectivity index (χ0) is 11.8. The fourth-order valence-electron chi connectivity index (χ4n) is 1.77. The van der Waals surface area contributed by atoms with Crippen molar-refractivity contribution >= 4 is 5.97 Å². The van der Waals surface area contributed by atoms with Gasteiger partial charge in [-0.25, -0.2) is 4.79 Å². The van der Waals surface area contributed by atoms with Crippen molar-refractivity contribution in [3.8, 4) is 0 Å². The molecule has 1 atom stereocenters. The van der Waals surface area contributed by atoms with Crippen LogP contribution < -0.4 is 0 Å². The molecule has 0 N–H and O–H groups in total. The third kappa shape index (κ3) is 1.83. The predicted molar refractivity (Wildman–Crippen MR) is 61.3 cm³/mol. The molecule has 1 fully saturated rings. The van der Waals surface area contributed by atoms with E-state index in [1.165, 1.54) is 0 Å². The first kappa shape index (κ1) is 11.1. The monoisotopic (exact) mass is 219 g/mol. The van der Waals surface area contributed by atoms with Crippen LogP contribution >= 0.6 is 0 Å². The van der Waals surface area contributed by atoms with Crippen molar-refractivity contribution in [1.82, 2.24) is 5.06 Å². The molecule has 1 aromatic carbocycles. The van der Waals surface area contributed by atoms with Gasteiger partial charge >= 0.3 is 5.97 Å². The zero-order valence-electron chi connectivity index (χ0n) is 9.93. The highest BCUT2D eigenvalue weighted by Gasteiger charge is 2.47. The average molecular weight is 219 g/mol. The van der Waals surface area contributed by atoms with Crippen LogP contribution in [0.2, 0.25) is 0 Å². The molecule has 16 heavy (non-hydrogen) atoms. The van der Waals surface area contributed by atoms with Crippen LogP contribution in [0.15, 0.2) is 30.3 Å². The summed E-state index contributed by atoms with van der Waals surface area (Å²) in [6, 6.07) is 10.1. The number of benzene rings is 1. The Bertz CT molecular complexity index is 386. The van der Waals surface area contributed by atoms with Gasteiger partial charge in [0.2, 0.25) is 0 Å². The second-order valence-corrected chi connectivity index (χ2v) is 4.84. The van der Waals surface area contributed by atoms with E-state index in [0.29, 0.717) is 6.54 Å². The smallest absolute Gasteiger partial charge is 0.332 e. The molecule has 1 aliphatic heterocycles. The van der Waals surface area contributed by atoms with Gasteiger partial charge in [0.05, 0.1) is 18.0 Å². The SMILES string of the molecule is C[C@H]1N(Cc2ccccc2)OC(=O)C1(C)C. The van der Waals surface area contributed by atoms with Gasteiger partial charge in [0, 0.05) is 0 Å². The van der Waals surface area contributed by atoms with Gasteiger partial charge in [-0.1, -0.05) is 30.3 Å². The van der Waals surface area contributed by atoms with Gasteiger partial charge in [-0.2, -0.15) is 0 Å². The minimum absolute atomic E-state index is 0.0974. The summed E-state index contributed by atoms with van der Waals surface area (Å²) < 4.78 is 0. The molecule has 3 heteroatoms. The van der Waals surface area contributed by atoms with E-state index in [4.69, 9.17) is 4.84 Å². The molecule has 0 spiro atoms. The van der Waals surface area contributed by atoms with Crippen molar-refractivity contribution in [1.29, 1.82) is 0 Å². The van der Waals surface area contributed by atoms with Gasteiger partial charge in [0.25, 0.3) is 0 Å². The summed E-state index contributed by atoms with van der Waals surface area (Å²) in [5, 5.41) is 1.76. The van der Waals surface area contributed by atoms with Crippen LogP contribution in [0.5, 0.6) is 0 Å². The standard InChI is InChI=1S/C13H17NO2/c1-10-13(2,3)12(15)16-14(10)9-11-7-5-4-6-8-11/h4-8,10H,9H2,1-3H3/t10-/m1/s1. The highest BCUT2D eigenvalue weighted by atomic mass is 16.7. The molecule has 0 aromatic heterocycles. The van der Waals surface area contributed by atoms with Crippen molar-refractivity contribution in [3.63, 3.8) is 0 Å². The number of carbonyl (C=O) groups is 1. The highest BCUT2D eigenvalue weighted by molar-refractivity contribution is 5.78. The predicted octanol–water partition coefficient (Wildman–Crippen LogP) is 2.38. The lowest BCUT2D eigenvalue weighted by atomic mass is 9.86. The summed E-state index contributed by atoms with van der Waals surface area (Å²) in [6.07, 6.45) is 0. The van der Waals surface area contributed by atoms with E-state index in [0.717, 1.165) is 5.56 Å². The Hall–Kier alpha value is -1.35. The quantitative estimate of drug-likeness (QED) is 0.764. The molecule has 0 bridgehead atoms. The van der Waals surface area contributed by atoms with Gasteiger partial charge < -0.3 is 4.84 Å². The van der Waals surface area contributed by atoms with Crippen LogP contribution in [-0.4, -0.2) is 17.1 Å². The van der Waals surface area contributed by atoms with Crippen LogP contribution in [0, 0.1) is 5.41 Å². The number of carbonyl (C=O) groups excluding carboxylic acids is 1. The van der Waals surface area contributed by atoms with E-state index in [9.17, 15) is 4.79 Å². The van der Waals surface area contributed by atoms with Gasteiger partial charge in [-0.05, 0) is 26.3 Å². The van der Waals surface area contributed by atoms with Crippen molar-refractivity contribution < 1.29 is 9.63 Å². The molecule has 1 saturated heterocycles. The Morgan fingerprint density at radius 3 is 2.44 bits per heavy atom. The van der Waals surface area contributed by atoms with E-state index in [1.54, 1.807) is 5.06 Å². The topological polar surface area (TPSA) is 29.5 Å². The van der Waals surface area contributed by atoms with E-state index in [2.05, 4.69) is 0 Å². The van der Waals surface area contributed by atoms with Crippen LogP contribution in [0.3, 0.4) is 0 Å².